The molecule has 2 aromatic heterocycles. The number of benzene rings is 1. The van der Waals surface area contributed by atoms with Gasteiger partial charge >= 0.3 is 6.18 Å². The first-order valence-electron chi connectivity index (χ1n) is 8.67. The summed E-state index contributed by atoms with van der Waals surface area (Å²) >= 11 is 0. The summed E-state index contributed by atoms with van der Waals surface area (Å²) in [5, 5.41) is 4.20. The van der Waals surface area contributed by atoms with Crippen LogP contribution in [0, 0.1) is 13.8 Å². The summed E-state index contributed by atoms with van der Waals surface area (Å²) < 4.78 is 42.2. The smallest absolute Gasteiger partial charge is 0.311 e. The molecule has 0 atom stereocenters. The Kier molecular flexibility index (Phi) is 5.31. The third kappa shape index (κ3) is 4.23. The summed E-state index contributed by atoms with van der Waals surface area (Å²) in [6, 6.07) is 5.98. The number of fused-ring (bicyclic) bond motifs is 1. The van der Waals surface area contributed by atoms with E-state index in [-0.39, 0.29) is 17.5 Å². The maximum atomic E-state index is 13.3. The van der Waals surface area contributed by atoms with Crippen LogP contribution in [0.5, 0.6) is 0 Å². The number of hydrazine groups is 1. The van der Waals surface area contributed by atoms with Gasteiger partial charge in [-0.1, -0.05) is 12.1 Å². The number of aryl methyl sites for hydroxylation is 2. The van der Waals surface area contributed by atoms with Gasteiger partial charge in [-0.15, -0.1) is 0 Å². The Morgan fingerprint density at radius 1 is 1.10 bits per heavy atom. The van der Waals surface area contributed by atoms with Crippen LogP contribution < -0.4 is 10.9 Å². The molecule has 0 bridgehead atoms. The number of carbonyl (C=O) groups is 2. The van der Waals surface area contributed by atoms with E-state index in [2.05, 4.69) is 20.9 Å². The summed E-state index contributed by atoms with van der Waals surface area (Å²) in [6.45, 7) is 2.92. The first-order chi connectivity index (χ1) is 13.6. The van der Waals surface area contributed by atoms with Crippen LogP contribution in [0.2, 0.25) is 0 Å². The molecule has 2 N–H and O–H groups in total. The van der Waals surface area contributed by atoms with Gasteiger partial charge in [-0.3, -0.25) is 25.1 Å². The average Bonchev–Trinajstić information content (AvgIpc) is 3.13. The molecule has 2 amide bonds. The van der Waals surface area contributed by atoms with Crippen molar-refractivity contribution in [1.82, 2.24) is 30.2 Å². The molecule has 0 unspecified atom stereocenters. The van der Waals surface area contributed by atoms with Crippen molar-refractivity contribution in [2.75, 3.05) is 0 Å². The van der Waals surface area contributed by atoms with Crippen LogP contribution in [-0.4, -0.2) is 31.1 Å². The normalized spacial score (nSPS) is 11.7. The molecule has 0 spiro atoms. The largest absolute Gasteiger partial charge is 0.449 e. The summed E-state index contributed by atoms with van der Waals surface area (Å²) in [4.78, 5) is 27.9. The fourth-order valence-electron chi connectivity index (χ4n) is 3.05. The molecular formula is C18H19F3N6O2. The van der Waals surface area contributed by atoms with E-state index in [9.17, 15) is 22.8 Å². The SMILES string of the molecule is Cc1nn(C)c(C)c1CC(=O)NNC(=O)Cn1c(C(F)(F)F)nc2ccccc21. The molecule has 3 aromatic rings. The molecule has 29 heavy (non-hydrogen) atoms. The van der Waals surface area contributed by atoms with E-state index in [1.54, 1.807) is 30.8 Å². The molecular weight excluding hydrogens is 389 g/mol. The first kappa shape index (κ1) is 20.4. The molecule has 0 saturated carbocycles. The summed E-state index contributed by atoms with van der Waals surface area (Å²) in [5.74, 6) is -2.50. The van der Waals surface area contributed by atoms with Crippen molar-refractivity contribution in [3.05, 3.63) is 47.0 Å². The van der Waals surface area contributed by atoms with E-state index in [0.717, 1.165) is 15.8 Å². The Morgan fingerprint density at radius 2 is 1.76 bits per heavy atom. The Labute approximate surface area is 163 Å². The number of halogens is 3. The minimum absolute atomic E-state index is 0.0202. The highest BCUT2D eigenvalue weighted by Crippen LogP contribution is 2.31. The Morgan fingerprint density at radius 3 is 2.38 bits per heavy atom. The van der Waals surface area contributed by atoms with Gasteiger partial charge in [-0.2, -0.15) is 18.3 Å². The highest BCUT2D eigenvalue weighted by Gasteiger charge is 2.38. The molecule has 1 aromatic carbocycles. The number of para-hydroxylation sites is 2. The number of hydrogen-bond donors (Lipinski definition) is 2. The number of alkyl halides is 3. The number of nitrogens with one attached hydrogen (secondary N) is 2. The van der Waals surface area contributed by atoms with Crippen molar-refractivity contribution >= 4 is 22.8 Å². The lowest BCUT2D eigenvalue weighted by Gasteiger charge is -2.12. The van der Waals surface area contributed by atoms with Gasteiger partial charge in [-0.05, 0) is 26.0 Å². The third-order valence-electron chi connectivity index (χ3n) is 4.55. The van der Waals surface area contributed by atoms with Crippen LogP contribution in [0.4, 0.5) is 13.2 Å². The summed E-state index contributed by atoms with van der Waals surface area (Å²) in [5.41, 5.74) is 6.88. The lowest BCUT2D eigenvalue weighted by Crippen LogP contribution is -2.44. The lowest BCUT2D eigenvalue weighted by atomic mass is 10.1. The fourth-order valence-corrected chi connectivity index (χ4v) is 3.05. The van der Waals surface area contributed by atoms with Gasteiger partial charge in [0.05, 0.1) is 23.1 Å². The maximum Gasteiger partial charge on any atom is 0.449 e. The van der Waals surface area contributed by atoms with E-state index in [1.165, 1.54) is 12.1 Å². The van der Waals surface area contributed by atoms with E-state index in [0.29, 0.717) is 5.69 Å². The molecule has 0 aliphatic rings. The van der Waals surface area contributed by atoms with Crippen LogP contribution in [0.25, 0.3) is 11.0 Å². The van der Waals surface area contributed by atoms with Gasteiger partial charge in [0.1, 0.15) is 6.54 Å². The van der Waals surface area contributed by atoms with Crippen LogP contribution in [0.1, 0.15) is 22.8 Å². The summed E-state index contributed by atoms with van der Waals surface area (Å²) in [7, 11) is 1.75. The third-order valence-corrected chi connectivity index (χ3v) is 4.55. The number of imidazole rings is 1. The number of nitrogens with zero attached hydrogens (tertiary/aromatic N) is 4. The first-order valence-corrected chi connectivity index (χ1v) is 8.67. The minimum atomic E-state index is -4.72. The Bertz CT molecular complexity index is 1080. The van der Waals surface area contributed by atoms with Gasteiger partial charge in [0, 0.05) is 18.3 Å². The van der Waals surface area contributed by atoms with Gasteiger partial charge in [-0.25, -0.2) is 4.98 Å². The average molecular weight is 408 g/mol. The topological polar surface area (TPSA) is 93.8 Å². The van der Waals surface area contributed by atoms with Gasteiger partial charge < -0.3 is 4.57 Å². The van der Waals surface area contributed by atoms with Crippen molar-refractivity contribution in [1.29, 1.82) is 0 Å². The predicted octanol–water partition coefficient (Wildman–Crippen LogP) is 1.80. The van der Waals surface area contributed by atoms with Gasteiger partial charge in [0.25, 0.3) is 5.91 Å². The Balaban J connectivity index is 1.69. The van der Waals surface area contributed by atoms with Crippen molar-refractivity contribution in [2.45, 2.75) is 33.0 Å². The van der Waals surface area contributed by atoms with E-state index < -0.39 is 30.4 Å². The van der Waals surface area contributed by atoms with Gasteiger partial charge in [0.15, 0.2) is 0 Å². The molecule has 0 radical (unpaired) electrons. The molecule has 0 aliphatic heterocycles. The predicted molar refractivity (Wildman–Crippen MR) is 97.4 cm³/mol. The zero-order chi connectivity index (χ0) is 21.3. The number of carbonyl (C=O) groups excluding carboxylic acids is 2. The molecule has 0 saturated heterocycles. The molecule has 8 nitrogen and oxygen atoms in total. The molecule has 11 heteroatoms. The van der Waals surface area contributed by atoms with Crippen LogP contribution in [-0.2, 0) is 35.8 Å². The second-order valence-corrected chi connectivity index (χ2v) is 6.55. The highest BCUT2D eigenvalue weighted by atomic mass is 19.4. The van der Waals surface area contributed by atoms with Crippen LogP contribution >= 0.6 is 0 Å². The molecule has 2 heterocycles. The maximum absolute atomic E-state index is 13.3. The van der Waals surface area contributed by atoms with E-state index >= 15 is 0 Å². The van der Waals surface area contributed by atoms with Crippen LogP contribution in [0.3, 0.4) is 0 Å². The molecule has 0 fully saturated rings. The zero-order valence-electron chi connectivity index (χ0n) is 16.0. The van der Waals surface area contributed by atoms with E-state index in [4.69, 9.17) is 0 Å². The second-order valence-electron chi connectivity index (χ2n) is 6.55. The van der Waals surface area contributed by atoms with Crippen molar-refractivity contribution < 1.29 is 22.8 Å². The van der Waals surface area contributed by atoms with Crippen LogP contribution in [0.15, 0.2) is 24.3 Å². The quantitative estimate of drug-likeness (QED) is 0.644. The van der Waals surface area contributed by atoms with E-state index in [1.807, 2.05) is 6.92 Å². The molecule has 0 aliphatic carbocycles. The lowest BCUT2D eigenvalue weighted by molar-refractivity contribution is -0.147. The van der Waals surface area contributed by atoms with Crippen molar-refractivity contribution in [3.8, 4) is 0 Å². The van der Waals surface area contributed by atoms with Crippen molar-refractivity contribution in [3.63, 3.8) is 0 Å². The number of amides is 2. The number of aromatic nitrogens is 4. The minimum Gasteiger partial charge on any atom is -0.311 e. The second kappa shape index (κ2) is 7.57. The van der Waals surface area contributed by atoms with Crippen molar-refractivity contribution in [2.24, 2.45) is 7.05 Å². The fraction of sp³-hybridized carbons (Fsp3) is 0.333. The molecule has 3 rings (SSSR count). The monoisotopic (exact) mass is 408 g/mol. The Hall–Kier alpha value is -3.37. The summed E-state index contributed by atoms with van der Waals surface area (Å²) in [6.07, 6.45) is -4.74. The standard InChI is InChI=1S/C18H19F3N6O2/c1-10-12(11(2)26(3)25-10)8-15(28)23-24-16(29)9-27-14-7-5-4-6-13(14)22-17(27)18(19,20)21/h4-7H,8-9H2,1-3H3,(H,23,28)(H,24,29). The number of rotatable bonds is 4. The highest BCUT2D eigenvalue weighted by molar-refractivity contribution is 5.85. The van der Waals surface area contributed by atoms with Gasteiger partial charge in [0.2, 0.25) is 11.7 Å². The molecule has 154 valence electrons. The zero-order valence-corrected chi connectivity index (χ0v) is 16.0. The number of hydrogen-bond acceptors (Lipinski definition) is 4.